The molecule has 0 aliphatic heterocycles. The summed E-state index contributed by atoms with van der Waals surface area (Å²) in [6, 6.07) is 1.05. The number of unbranched alkanes of at least 4 members (excludes halogenated alkanes) is 1. The standard InChI is InChI=1S/C11H28N2O2Si/c1-4-5-10-15-16(3,14-2)11-6-8-13-9-7-12/h13H,4-12H2,1-3H3. The van der Waals surface area contributed by atoms with Gasteiger partial charge >= 0.3 is 8.56 Å². The molecule has 98 valence electrons. The molecule has 0 spiro atoms. The van der Waals surface area contributed by atoms with E-state index in [-0.39, 0.29) is 0 Å². The van der Waals surface area contributed by atoms with E-state index >= 15 is 0 Å². The molecule has 0 aliphatic carbocycles. The van der Waals surface area contributed by atoms with Crippen LogP contribution >= 0.6 is 0 Å². The maximum absolute atomic E-state index is 5.89. The van der Waals surface area contributed by atoms with Crippen LogP contribution in [-0.2, 0) is 8.85 Å². The van der Waals surface area contributed by atoms with Crippen LogP contribution in [0.3, 0.4) is 0 Å². The van der Waals surface area contributed by atoms with Crippen LogP contribution in [0.5, 0.6) is 0 Å². The third kappa shape index (κ3) is 8.24. The van der Waals surface area contributed by atoms with Crippen LogP contribution in [0, 0.1) is 0 Å². The second kappa shape index (κ2) is 10.2. The Morgan fingerprint density at radius 2 is 2.00 bits per heavy atom. The molecule has 0 radical (unpaired) electrons. The monoisotopic (exact) mass is 248 g/mol. The van der Waals surface area contributed by atoms with Crippen molar-refractivity contribution in [2.45, 2.75) is 38.8 Å². The van der Waals surface area contributed by atoms with Crippen LogP contribution < -0.4 is 11.1 Å². The van der Waals surface area contributed by atoms with Crippen LogP contribution in [0.2, 0.25) is 12.6 Å². The third-order valence-electron chi connectivity index (χ3n) is 2.64. The maximum Gasteiger partial charge on any atom is 0.334 e. The predicted molar refractivity (Wildman–Crippen MR) is 70.8 cm³/mol. The Kier molecular flexibility index (Phi) is 10.3. The molecule has 0 rings (SSSR count). The van der Waals surface area contributed by atoms with Crippen LogP contribution in [0.25, 0.3) is 0 Å². The minimum Gasteiger partial charge on any atom is -0.398 e. The van der Waals surface area contributed by atoms with Crippen molar-refractivity contribution in [3.05, 3.63) is 0 Å². The van der Waals surface area contributed by atoms with Gasteiger partial charge in [0.25, 0.3) is 0 Å². The van der Waals surface area contributed by atoms with E-state index in [0.717, 1.165) is 38.6 Å². The molecule has 0 aromatic heterocycles. The molecule has 0 aromatic carbocycles. The summed E-state index contributed by atoms with van der Waals surface area (Å²) in [4.78, 5) is 0. The SMILES string of the molecule is CCCCO[Si](C)(CCCNCCN)OC. The summed E-state index contributed by atoms with van der Waals surface area (Å²) >= 11 is 0. The lowest BCUT2D eigenvalue weighted by molar-refractivity contribution is 0.200. The second-order valence-corrected chi connectivity index (χ2v) is 7.65. The van der Waals surface area contributed by atoms with Crippen LogP contribution in [0.4, 0.5) is 0 Å². The first-order valence-electron chi connectivity index (χ1n) is 6.28. The van der Waals surface area contributed by atoms with E-state index < -0.39 is 8.56 Å². The summed E-state index contributed by atoms with van der Waals surface area (Å²) in [5.41, 5.74) is 5.40. The highest BCUT2D eigenvalue weighted by Crippen LogP contribution is 2.15. The van der Waals surface area contributed by atoms with Crippen LogP contribution in [0.1, 0.15) is 26.2 Å². The van der Waals surface area contributed by atoms with Gasteiger partial charge in [0.2, 0.25) is 0 Å². The number of rotatable bonds is 11. The van der Waals surface area contributed by atoms with Gasteiger partial charge in [-0.3, -0.25) is 0 Å². The van der Waals surface area contributed by atoms with Crippen molar-refractivity contribution in [2.24, 2.45) is 5.73 Å². The molecule has 5 heteroatoms. The van der Waals surface area contributed by atoms with E-state index in [9.17, 15) is 0 Å². The van der Waals surface area contributed by atoms with Gasteiger partial charge in [0, 0.05) is 26.8 Å². The van der Waals surface area contributed by atoms with E-state index in [4.69, 9.17) is 14.6 Å². The minimum absolute atomic E-state index is 0.700. The first-order valence-corrected chi connectivity index (χ1v) is 8.80. The molecule has 4 nitrogen and oxygen atoms in total. The fourth-order valence-electron chi connectivity index (χ4n) is 1.43. The molecular formula is C11H28N2O2Si. The van der Waals surface area contributed by atoms with Gasteiger partial charge in [-0.05, 0) is 32.0 Å². The smallest absolute Gasteiger partial charge is 0.334 e. The Morgan fingerprint density at radius 3 is 2.56 bits per heavy atom. The molecule has 0 aliphatic rings. The topological polar surface area (TPSA) is 56.5 Å². The van der Waals surface area contributed by atoms with Gasteiger partial charge in [-0.1, -0.05) is 13.3 Å². The summed E-state index contributed by atoms with van der Waals surface area (Å²) in [5.74, 6) is 0. The highest BCUT2D eigenvalue weighted by Gasteiger charge is 2.28. The van der Waals surface area contributed by atoms with Gasteiger partial charge in [0.1, 0.15) is 0 Å². The molecule has 0 saturated carbocycles. The Hall–Kier alpha value is 0.0569. The largest absolute Gasteiger partial charge is 0.398 e. The van der Waals surface area contributed by atoms with Crippen molar-refractivity contribution in [3.63, 3.8) is 0 Å². The fourth-order valence-corrected chi connectivity index (χ4v) is 3.29. The van der Waals surface area contributed by atoms with Gasteiger partial charge < -0.3 is 19.9 Å². The van der Waals surface area contributed by atoms with E-state index in [0.29, 0.717) is 6.54 Å². The average Bonchev–Trinajstić information content (AvgIpc) is 2.29. The van der Waals surface area contributed by atoms with E-state index in [1.54, 1.807) is 7.11 Å². The Balaban J connectivity index is 3.61. The lowest BCUT2D eigenvalue weighted by Gasteiger charge is -2.25. The van der Waals surface area contributed by atoms with Crippen LogP contribution in [0.15, 0.2) is 0 Å². The summed E-state index contributed by atoms with van der Waals surface area (Å²) < 4.78 is 11.4. The molecule has 0 bridgehead atoms. The van der Waals surface area contributed by atoms with Gasteiger partial charge in [0.15, 0.2) is 0 Å². The van der Waals surface area contributed by atoms with Crippen molar-refractivity contribution < 1.29 is 8.85 Å². The Morgan fingerprint density at radius 1 is 1.25 bits per heavy atom. The molecule has 0 saturated heterocycles. The van der Waals surface area contributed by atoms with Crippen molar-refractivity contribution >= 4 is 8.56 Å². The van der Waals surface area contributed by atoms with E-state index in [1.807, 2.05) is 0 Å². The van der Waals surface area contributed by atoms with E-state index in [1.165, 1.54) is 6.42 Å². The fraction of sp³-hybridized carbons (Fsp3) is 1.00. The van der Waals surface area contributed by atoms with Crippen molar-refractivity contribution in [2.75, 3.05) is 33.4 Å². The molecule has 0 amide bonds. The lowest BCUT2D eigenvalue weighted by Crippen LogP contribution is -2.38. The zero-order valence-electron chi connectivity index (χ0n) is 11.1. The zero-order chi connectivity index (χ0) is 12.3. The van der Waals surface area contributed by atoms with Gasteiger partial charge in [0.05, 0.1) is 0 Å². The van der Waals surface area contributed by atoms with Crippen LogP contribution in [-0.4, -0.2) is 41.9 Å². The average molecular weight is 248 g/mol. The normalized spacial score (nSPS) is 15.0. The highest BCUT2D eigenvalue weighted by molar-refractivity contribution is 6.65. The maximum atomic E-state index is 5.89. The van der Waals surface area contributed by atoms with Crippen molar-refractivity contribution in [3.8, 4) is 0 Å². The highest BCUT2D eigenvalue weighted by atomic mass is 28.4. The summed E-state index contributed by atoms with van der Waals surface area (Å²) in [6.45, 7) is 7.74. The predicted octanol–water partition coefficient (Wildman–Crippen LogP) is 1.46. The van der Waals surface area contributed by atoms with Gasteiger partial charge in [-0.2, -0.15) is 0 Å². The number of hydrogen-bond acceptors (Lipinski definition) is 4. The van der Waals surface area contributed by atoms with Gasteiger partial charge in [-0.15, -0.1) is 0 Å². The number of nitrogens with one attached hydrogen (secondary N) is 1. The molecule has 0 fully saturated rings. The molecule has 0 aromatic rings. The molecular weight excluding hydrogens is 220 g/mol. The minimum atomic E-state index is -1.89. The lowest BCUT2D eigenvalue weighted by atomic mass is 10.4. The summed E-state index contributed by atoms with van der Waals surface area (Å²) in [5, 5.41) is 3.29. The Bertz CT molecular complexity index is 161. The van der Waals surface area contributed by atoms with E-state index in [2.05, 4.69) is 18.8 Å². The molecule has 1 atom stereocenters. The third-order valence-corrected chi connectivity index (χ3v) is 5.58. The first-order chi connectivity index (χ1) is 7.68. The molecule has 16 heavy (non-hydrogen) atoms. The summed E-state index contributed by atoms with van der Waals surface area (Å²) in [6.07, 6.45) is 3.40. The molecule has 1 unspecified atom stereocenters. The summed E-state index contributed by atoms with van der Waals surface area (Å²) in [7, 11) is -0.123. The van der Waals surface area contributed by atoms with Crippen molar-refractivity contribution in [1.29, 1.82) is 0 Å². The molecule has 0 heterocycles. The molecule has 3 N–H and O–H groups in total. The Labute approximate surface area is 101 Å². The quantitative estimate of drug-likeness (QED) is 0.429. The van der Waals surface area contributed by atoms with Crippen molar-refractivity contribution in [1.82, 2.24) is 5.32 Å². The van der Waals surface area contributed by atoms with Gasteiger partial charge in [-0.25, -0.2) is 0 Å². The zero-order valence-corrected chi connectivity index (χ0v) is 12.1. The second-order valence-electron chi connectivity index (χ2n) is 4.18. The first kappa shape index (κ1) is 16.1. The number of nitrogens with two attached hydrogens (primary N) is 1. The number of hydrogen-bond donors (Lipinski definition) is 2.